The SMILES string of the molecule is CCn1ncc(CN2CC3CN(C(=O)OC(C(F)(F)F)C(F)(F)F)CC3C2)c1C(=O)NCc1ccccc1. The molecule has 1 aromatic heterocycles. The molecule has 208 valence electrons. The quantitative estimate of drug-likeness (QED) is 0.534. The molecule has 0 bridgehead atoms. The van der Waals surface area contributed by atoms with Crippen molar-refractivity contribution in [2.24, 2.45) is 11.8 Å². The second kappa shape index (κ2) is 10.8. The molecule has 1 N–H and O–H groups in total. The maximum absolute atomic E-state index is 13.0. The molecule has 2 atom stereocenters. The zero-order chi connectivity index (χ0) is 27.7. The average molecular weight is 548 g/mol. The lowest BCUT2D eigenvalue weighted by molar-refractivity contribution is -0.308. The topological polar surface area (TPSA) is 79.7 Å². The van der Waals surface area contributed by atoms with E-state index in [-0.39, 0.29) is 30.8 Å². The summed E-state index contributed by atoms with van der Waals surface area (Å²) < 4.78 is 81.9. The molecule has 2 saturated heterocycles. The van der Waals surface area contributed by atoms with Gasteiger partial charge >= 0.3 is 18.4 Å². The number of carbonyl (C=O) groups is 2. The van der Waals surface area contributed by atoms with E-state index in [2.05, 4.69) is 15.2 Å². The van der Waals surface area contributed by atoms with Crippen molar-refractivity contribution in [3.63, 3.8) is 0 Å². The molecule has 0 aliphatic carbocycles. The first-order valence-electron chi connectivity index (χ1n) is 12.0. The Balaban J connectivity index is 1.34. The molecule has 0 radical (unpaired) electrons. The van der Waals surface area contributed by atoms with Crippen LogP contribution in [-0.4, -0.2) is 76.2 Å². The van der Waals surface area contributed by atoms with Gasteiger partial charge in [0, 0.05) is 51.4 Å². The van der Waals surface area contributed by atoms with E-state index in [1.54, 1.807) is 10.9 Å². The van der Waals surface area contributed by atoms with E-state index in [9.17, 15) is 35.9 Å². The Bertz CT molecular complexity index is 1110. The van der Waals surface area contributed by atoms with Crippen LogP contribution in [-0.2, 0) is 24.4 Å². The van der Waals surface area contributed by atoms with Crippen LogP contribution in [0.4, 0.5) is 31.1 Å². The Hall–Kier alpha value is -3.29. The number of carbonyl (C=O) groups excluding carboxylic acids is 2. The maximum Gasteiger partial charge on any atom is 0.434 e. The normalized spacial score (nSPS) is 20.2. The number of amides is 2. The maximum atomic E-state index is 13.0. The molecule has 14 heteroatoms. The molecular formula is C24H27F6N5O3. The van der Waals surface area contributed by atoms with Gasteiger partial charge in [-0.2, -0.15) is 31.4 Å². The second-order valence-electron chi connectivity index (χ2n) is 9.47. The number of hydrogen-bond donors (Lipinski definition) is 1. The molecule has 3 heterocycles. The lowest BCUT2D eigenvalue weighted by atomic mass is 10.0. The summed E-state index contributed by atoms with van der Waals surface area (Å²) in [6.45, 7) is 3.96. The number of alkyl halides is 6. The van der Waals surface area contributed by atoms with Gasteiger partial charge in [-0.15, -0.1) is 0 Å². The Morgan fingerprint density at radius 3 is 2.18 bits per heavy atom. The van der Waals surface area contributed by atoms with Gasteiger partial charge in [0.2, 0.25) is 0 Å². The largest absolute Gasteiger partial charge is 0.434 e. The zero-order valence-electron chi connectivity index (χ0n) is 20.4. The molecule has 4 rings (SSSR count). The van der Waals surface area contributed by atoms with Crippen LogP contribution in [0.25, 0.3) is 0 Å². The second-order valence-corrected chi connectivity index (χ2v) is 9.47. The van der Waals surface area contributed by atoms with E-state index in [1.807, 2.05) is 42.2 Å². The van der Waals surface area contributed by atoms with Crippen LogP contribution in [0.5, 0.6) is 0 Å². The van der Waals surface area contributed by atoms with Crippen LogP contribution in [0, 0.1) is 11.8 Å². The molecule has 2 unspecified atom stereocenters. The monoisotopic (exact) mass is 547 g/mol. The molecule has 2 aliphatic rings. The van der Waals surface area contributed by atoms with Crippen molar-refractivity contribution in [2.45, 2.75) is 45.0 Å². The van der Waals surface area contributed by atoms with Gasteiger partial charge in [-0.25, -0.2) is 4.79 Å². The number of aromatic nitrogens is 2. The van der Waals surface area contributed by atoms with Gasteiger partial charge in [0.25, 0.3) is 12.0 Å². The van der Waals surface area contributed by atoms with E-state index >= 15 is 0 Å². The summed E-state index contributed by atoms with van der Waals surface area (Å²) in [5, 5.41) is 7.20. The summed E-state index contributed by atoms with van der Waals surface area (Å²) in [7, 11) is 0. The number of nitrogens with one attached hydrogen (secondary N) is 1. The van der Waals surface area contributed by atoms with E-state index in [4.69, 9.17) is 0 Å². The van der Waals surface area contributed by atoms with Crippen LogP contribution in [0.1, 0.15) is 28.5 Å². The number of hydrogen-bond acceptors (Lipinski definition) is 5. The van der Waals surface area contributed by atoms with Gasteiger partial charge in [-0.3, -0.25) is 14.4 Å². The highest BCUT2D eigenvalue weighted by molar-refractivity contribution is 5.94. The van der Waals surface area contributed by atoms with Crippen molar-refractivity contribution in [1.29, 1.82) is 0 Å². The summed E-state index contributed by atoms with van der Waals surface area (Å²) in [4.78, 5) is 28.0. The molecule has 0 spiro atoms. The summed E-state index contributed by atoms with van der Waals surface area (Å²) in [6.07, 6.45) is -15.7. The first-order valence-corrected chi connectivity index (χ1v) is 12.0. The van der Waals surface area contributed by atoms with E-state index < -0.39 is 24.5 Å². The summed E-state index contributed by atoms with van der Waals surface area (Å²) in [6, 6.07) is 9.42. The number of fused-ring (bicyclic) bond motifs is 1. The smallest absolute Gasteiger partial charge is 0.426 e. The summed E-state index contributed by atoms with van der Waals surface area (Å²) in [5.41, 5.74) is 2.07. The van der Waals surface area contributed by atoms with E-state index in [0.717, 1.165) is 10.5 Å². The third kappa shape index (κ3) is 6.22. The molecule has 0 saturated carbocycles. The average Bonchev–Trinajstić information content (AvgIpc) is 3.53. The number of aryl methyl sites for hydroxylation is 1. The number of nitrogens with zero attached hydrogens (tertiary/aromatic N) is 4. The van der Waals surface area contributed by atoms with Crippen molar-refractivity contribution >= 4 is 12.0 Å². The van der Waals surface area contributed by atoms with E-state index in [1.165, 1.54) is 0 Å². The Labute approximate surface area is 214 Å². The standard InChI is InChI=1S/C24H27F6N5O3/c1-2-35-19(20(36)31-8-15-6-4-3-5-7-15)16(9-32-35)10-33-11-17-13-34(14-18(17)12-33)22(37)38-21(23(25,26)27)24(28,29)30/h3-7,9,17-18,21H,2,8,10-14H2,1H3,(H,31,36). The van der Waals surface area contributed by atoms with Crippen LogP contribution in [0.3, 0.4) is 0 Å². The van der Waals surface area contributed by atoms with E-state index in [0.29, 0.717) is 44.0 Å². The Morgan fingerprint density at radius 1 is 1.03 bits per heavy atom. The fourth-order valence-corrected chi connectivity index (χ4v) is 5.01. The highest BCUT2D eigenvalue weighted by atomic mass is 19.4. The summed E-state index contributed by atoms with van der Waals surface area (Å²) >= 11 is 0. The molecule has 2 amide bonds. The molecule has 2 fully saturated rings. The molecule has 1 aromatic carbocycles. The third-order valence-corrected chi connectivity index (χ3v) is 6.75. The number of rotatable bonds is 7. The van der Waals surface area contributed by atoms with Gasteiger partial charge in [-0.05, 0) is 24.3 Å². The van der Waals surface area contributed by atoms with Crippen LogP contribution >= 0.6 is 0 Å². The lowest BCUT2D eigenvalue weighted by Gasteiger charge is -2.26. The van der Waals surface area contributed by atoms with Crippen LogP contribution in [0.15, 0.2) is 36.5 Å². The van der Waals surface area contributed by atoms with Crippen LogP contribution < -0.4 is 5.32 Å². The number of ether oxygens (including phenoxy) is 1. The van der Waals surface area contributed by atoms with Crippen molar-refractivity contribution in [3.05, 3.63) is 53.3 Å². The molecular weight excluding hydrogens is 520 g/mol. The molecule has 38 heavy (non-hydrogen) atoms. The van der Waals surface area contributed by atoms with Crippen molar-refractivity contribution in [1.82, 2.24) is 24.9 Å². The van der Waals surface area contributed by atoms with Gasteiger partial charge < -0.3 is 15.0 Å². The van der Waals surface area contributed by atoms with Crippen LogP contribution in [0.2, 0.25) is 0 Å². The Kier molecular flexibility index (Phi) is 7.90. The van der Waals surface area contributed by atoms with Crippen molar-refractivity contribution in [2.75, 3.05) is 26.2 Å². The minimum Gasteiger partial charge on any atom is -0.426 e. The van der Waals surface area contributed by atoms with Gasteiger partial charge in [0.1, 0.15) is 5.69 Å². The first kappa shape index (κ1) is 27.7. The van der Waals surface area contributed by atoms with Gasteiger partial charge in [-0.1, -0.05) is 30.3 Å². The Morgan fingerprint density at radius 2 is 1.63 bits per heavy atom. The third-order valence-electron chi connectivity index (χ3n) is 6.75. The fourth-order valence-electron chi connectivity index (χ4n) is 5.01. The minimum absolute atomic E-state index is 0.0128. The minimum atomic E-state index is -5.76. The number of halogens is 6. The zero-order valence-corrected chi connectivity index (χ0v) is 20.4. The molecule has 2 aromatic rings. The summed E-state index contributed by atoms with van der Waals surface area (Å²) in [5.74, 6) is -0.566. The van der Waals surface area contributed by atoms with Gasteiger partial charge in [0.05, 0.1) is 6.20 Å². The highest BCUT2D eigenvalue weighted by Crippen LogP contribution is 2.37. The van der Waals surface area contributed by atoms with Gasteiger partial charge in [0.15, 0.2) is 0 Å². The lowest BCUT2D eigenvalue weighted by Crippen LogP contribution is -2.48. The fraction of sp³-hybridized carbons (Fsp3) is 0.542. The highest BCUT2D eigenvalue weighted by Gasteiger charge is 2.60. The predicted molar refractivity (Wildman–Crippen MR) is 122 cm³/mol. The molecule has 2 aliphatic heterocycles. The van der Waals surface area contributed by atoms with Crippen molar-refractivity contribution in [3.8, 4) is 0 Å². The predicted octanol–water partition coefficient (Wildman–Crippen LogP) is 3.83. The van der Waals surface area contributed by atoms with Crippen molar-refractivity contribution < 1.29 is 40.7 Å². The number of likely N-dealkylation sites (tertiary alicyclic amines) is 2. The number of benzene rings is 1. The molecule has 8 nitrogen and oxygen atoms in total. The first-order chi connectivity index (χ1) is 17.9.